The van der Waals surface area contributed by atoms with E-state index in [0.717, 1.165) is 0 Å². The highest BCUT2D eigenvalue weighted by Gasteiger charge is 2.14. The first-order chi connectivity index (χ1) is 12.4. The van der Waals surface area contributed by atoms with Gasteiger partial charge >= 0.3 is 0 Å². The number of likely N-dealkylation sites (N-methyl/N-ethyl adjacent to an activating group) is 1. The summed E-state index contributed by atoms with van der Waals surface area (Å²) in [6.45, 7) is -0.363. The van der Waals surface area contributed by atoms with E-state index in [4.69, 9.17) is 33.2 Å². The van der Waals surface area contributed by atoms with Crippen LogP contribution in [-0.4, -0.2) is 36.9 Å². The summed E-state index contributed by atoms with van der Waals surface area (Å²) in [5, 5.41) is 12.1. The molecular formula is C18H15Cl2N3O3. The first-order valence-corrected chi connectivity index (χ1v) is 8.26. The molecule has 0 fully saturated rings. The highest BCUT2D eigenvalue weighted by atomic mass is 35.5. The van der Waals surface area contributed by atoms with Crippen molar-refractivity contribution in [1.29, 1.82) is 5.26 Å². The second-order valence-electron chi connectivity index (χ2n) is 5.35. The number of benzene rings is 2. The van der Waals surface area contributed by atoms with Crippen LogP contribution in [0.25, 0.3) is 0 Å². The van der Waals surface area contributed by atoms with E-state index < -0.39 is 0 Å². The number of amides is 2. The highest BCUT2D eigenvalue weighted by molar-refractivity contribution is 6.42. The minimum Gasteiger partial charge on any atom is -0.484 e. The van der Waals surface area contributed by atoms with Crippen LogP contribution in [0.15, 0.2) is 42.5 Å². The van der Waals surface area contributed by atoms with E-state index >= 15 is 0 Å². The molecule has 0 bridgehead atoms. The summed E-state index contributed by atoms with van der Waals surface area (Å²) in [7, 11) is 1.50. The van der Waals surface area contributed by atoms with Crippen LogP contribution in [0.4, 0.5) is 5.69 Å². The molecule has 2 rings (SSSR count). The minimum absolute atomic E-state index is 0.143. The molecule has 0 spiro atoms. The number of carbonyl (C=O) groups is 2. The Labute approximate surface area is 160 Å². The monoisotopic (exact) mass is 391 g/mol. The van der Waals surface area contributed by atoms with Gasteiger partial charge in [-0.2, -0.15) is 5.26 Å². The summed E-state index contributed by atoms with van der Waals surface area (Å²) in [6, 6.07) is 13.1. The lowest BCUT2D eigenvalue weighted by Gasteiger charge is -2.17. The lowest BCUT2D eigenvalue weighted by molar-refractivity contribution is -0.135. The molecule has 134 valence electrons. The molecule has 0 aromatic heterocycles. The zero-order valence-corrected chi connectivity index (χ0v) is 15.3. The van der Waals surface area contributed by atoms with Gasteiger partial charge in [-0.1, -0.05) is 23.2 Å². The third-order valence-corrected chi connectivity index (χ3v) is 4.09. The summed E-state index contributed by atoms with van der Waals surface area (Å²) >= 11 is 11.7. The Hall–Kier alpha value is -2.75. The minimum atomic E-state index is -0.377. The summed E-state index contributed by atoms with van der Waals surface area (Å²) in [4.78, 5) is 25.3. The van der Waals surface area contributed by atoms with Crippen LogP contribution in [0.3, 0.4) is 0 Å². The summed E-state index contributed by atoms with van der Waals surface area (Å²) in [5.41, 5.74) is 0.985. The Kier molecular flexibility index (Phi) is 6.84. The SMILES string of the molecule is CN(CC(=O)Nc1ccc(Cl)c(Cl)c1)C(=O)COc1ccc(C#N)cc1. The standard InChI is InChI=1S/C18H15Cl2N3O3/c1-23(10-17(24)22-13-4-7-15(19)16(20)8-13)18(25)11-26-14-5-2-12(9-21)3-6-14/h2-8H,10-11H2,1H3,(H,22,24). The van der Waals surface area contributed by atoms with Crippen molar-refractivity contribution in [3.8, 4) is 11.8 Å². The molecule has 1 N–H and O–H groups in total. The molecule has 0 radical (unpaired) electrons. The lowest BCUT2D eigenvalue weighted by atomic mass is 10.2. The van der Waals surface area contributed by atoms with Crippen molar-refractivity contribution in [1.82, 2.24) is 4.90 Å². The maximum absolute atomic E-state index is 12.1. The van der Waals surface area contributed by atoms with Crippen molar-refractivity contribution in [2.45, 2.75) is 0 Å². The number of carbonyl (C=O) groups excluding carboxylic acids is 2. The van der Waals surface area contributed by atoms with Gasteiger partial charge in [-0.25, -0.2) is 0 Å². The fourth-order valence-corrected chi connectivity index (χ4v) is 2.26. The number of rotatable bonds is 6. The first-order valence-electron chi connectivity index (χ1n) is 7.51. The summed E-state index contributed by atoms with van der Waals surface area (Å²) in [5.74, 6) is -0.276. The molecule has 2 aromatic rings. The second-order valence-corrected chi connectivity index (χ2v) is 6.17. The molecule has 0 heterocycles. The molecule has 0 aliphatic rings. The number of anilines is 1. The van der Waals surface area contributed by atoms with Gasteiger partial charge in [-0.3, -0.25) is 9.59 Å². The predicted octanol–water partition coefficient (Wildman–Crippen LogP) is 3.34. The van der Waals surface area contributed by atoms with Gasteiger partial charge in [0.1, 0.15) is 5.75 Å². The van der Waals surface area contributed by atoms with Crippen LogP contribution in [0, 0.1) is 11.3 Å². The number of nitrogens with one attached hydrogen (secondary N) is 1. The number of nitrogens with zero attached hydrogens (tertiary/aromatic N) is 2. The van der Waals surface area contributed by atoms with Crippen LogP contribution in [0.1, 0.15) is 5.56 Å². The van der Waals surface area contributed by atoms with Gasteiger partial charge in [-0.15, -0.1) is 0 Å². The van der Waals surface area contributed by atoms with Crippen molar-refractivity contribution < 1.29 is 14.3 Å². The molecule has 26 heavy (non-hydrogen) atoms. The quantitative estimate of drug-likeness (QED) is 0.818. The Morgan fingerprint density at radius 3 is 2.46 bits per heavy atom. The first kappa shape index (κ1) is 19.6. The number of nitriles is 1. The van der Waals surface area contributed by atoms with Crippen molar-refractivity contribution >= 4 is 40.7 Å². The van der Waals surface area contributed by atoms with E-state index in [9.17, 15) is 9.59 Å². The van der Waals surface area contributed by atoms with Gasteiger partial charge in [0.15, 0.2) is 6.61 Å². The Balaban J connectivity index is 1.82. The molecule has 0 unspecified atom stereocenters. The predicted molar refractivity (Wildman–Crippen MR) is 99.4 cm³/mol. The second kappa shape index (κ2) is 9.09. The van der Waals surface area contributed by atoms with Gasteiger partial charge in [-0.05, 0) is 42.5 Å². The molecular weight excluding hydrogens is 377 g/mol. The fraction of sp³-hybridized carbons (Fsp3) is 0.167. The van der Waals surface area contributed by atoms with Crippen LogP contribution in [0.2, 0.25) is 10.0 Å². The number of hydrogen-bond donors (Lipinski definition) is 1. The molecule has 2 aromatic carbocycles. The molecule has 0 aliphatic heterocycles. The molecule has 0 aliphatic carbocycles. The third kappa shape index (κ3) is 5.66. The Morgan fingerprint density at radius 2 is 1.85 bits per heavy atom. The van der Waals surface area contributed by atoms with E-state index in [1.807, 2.05) is 6.07 Å². The molecule has 6 nitrogen and oxygen atoms in total. The molecule has 0 atom stereocenters. The van der Waals surface area contributed by atoms with E-state index in [-0.39, 0.29) is 25.0 Å². The van der Waals surface area contributed by atoms with Gasteiger partial charge in [0.25, 0.3) is 5.91 Å². The van der Waals surface area contributed by atoms with Crippen LogP contribution in [-0.2, 0) is 9.59 Å². The van der Waals surface area contributed by atoms with Gasteiger partial charge in [0.2, 0.25) is 5.91 Å². The van der Waals surface area contributed by atoms with Crippen molar-refractivity contribution in [3.63, 3.8) is 0 Å². The van der Waals surface area contributed by atoms with Crippen molar-refractivity contribution in [2.75, 3.05) is 25.5 Å². The van der Waals surface area contributed by atoms with E-state index in [2.05, 4.69) is 5.32 Å². The van der Waals surface area contributed by atoms with Crippen LogP contribution >= 0.6 is 23.2 Å². The topological polar surface area (TPSA) is 82.4 Å². The normalized spacial score (nSPS) is 9.92. The van der Waals surface area contributed by atoms with Crippen molar-refractivity contribution in [2.24, 2.45) is 0 Å². The maximum Gasteiger partial charge on any atom is 0.260 e. The third-order valence-electron chi connectivity index (χ3n) is 3.36. The van der Waals surface area contributed by atoms with Crippen LogP contribution < -0.4 is 10.1 Å². The zero-order chi connectivity index (χ0) is 19.1. The summed E-state index contributed by atoms with van der Waals surface area (Å²) < 4.78 is 5.35. The van der Waals surface area contributed by atoms with E-state index in [1.54, 1.807) is 36.4 Å². The maximum atomic E-state index is 12.1. The van der Waals surface area contributed by atoms with Gasteiger partial charge in [0.05, 0.1) is 28.2 Å². The molecule has 8 heteroatoms. The number of ether oxygens (including phenoxy) is 1. The van der Waals surface area contributed by atoms with E-state index in [1.165, 1.54) is 18.0 Å². The molecule has 0 saturated heterocycles. The average Bonchev–Trinajstić information content (AvgIpc) is 2.63. The fourth-order valence-electron chi connectivity index (χ4n) is 1.96. The van der Waals surface area contributed by atoms with E-state index in [0.29, 0.717) is 27.0 Å². The highest BCUT2D eigenvalue weighted by Crippen LogP contribution is 2.24. The number of halogens is 2. The Bertz CT molecular complexity index is 848. The lowest BCUT2D eigenvalue weighted by Crippen LogP contribution is -2.37. The molecule has 2 amide bonds. The Morgan fingerprint density at radius 1 is 1.15 bits per heavy atom. The molecule has 0 saturated carbocycles. The van der Waals surface area contributed by atoms with Crippen LogP contribution in [0.5, 0.6) is 5.75 Å². The average molecular weight is 392 g/mol. The summed E-state index contributed by atoms with van der Waals surface area (Å²) in [6.07, 6.45) is 0. The van der Waals surface area contributed by atoms with Gasteiger partial charge in [0, 0.05) is 12.7 Å². The largest absolute Gasteiger partial charge is 0.484 e. The zero-order valence-electron chi connectivity index (χ0n) is 13.8. The number of hydrogen-bond acceptors (Lipinski definition) is 4. The van der Waals surface area contributed by atoms with Gasteiger partial charge < -0.3 is 15.0 Å². The smallest absolute Gasteiger partial charge is 0.260 e. The van der Waals surface area contributed by atoms with Crippen molar-refractivity contribution in [3.05, 3.63) is 58.1 Å².